The van der Waals surface area contributed by atoms with Gasteiger partial charge in [0.05, 0.1) is 11.6 Å². The third kappa shape index (κ3) is 2.29. The lowest BCUT2D eigenvalue weighted by molar-refractivity contribution is 1.20. The molecule has 0 aliphatic heterocycles. The Hall–Kier alpha value is -2.59. The number of hydrogen-bond acceptors (Lipinski definition) is 1. The van der Waals surface area contributed by atoms with Gasteiger partial charge in [-0.05, 0) is 41.3 Å². The molecule has 0 fully saturated rings. The molecule has 0 saturated heterocycles. The Bertz CT molecular complexity index is 792. The van der Waals surface area contributed by atoms with Gasteiger partial charge in [-0.15, -0.1) is 0 Å². The third-order valence-electron chi connectivity index (χ3n) is 3.65. The van der Waals surface area contributed by atoms with Gasteiger partial charge >= 0.3 is 0 Å². The van der Waals surface area contributed by atoms with E-state index < -0.39 is 0 Å². The molecule has 0 aliphatic carbocycles. The summed E-state index contributed by atoms with van der Waals surface area (Å²) in [5, 5.41) is 11.4. The van der Waals surface area contributed by atoms with Gasteiger partial charge in [0, 0.05) is 0 Å². The van der Waals surface area contributed by atoms with E-state index >= 15 is 0 Å². The van der Waals surface area contributed by atoms with Crippen LogP contribution < -0.4 is 0 Å². The molecule has 0 N–H and O–H groups in total. The molecule has 0 atom stereocenters. The van der Waals surface area contributed by atoms with Crippen LogP contribution in [-0.2, 0) is 6.42 Å². The van der Waals surface area contributed by atoms with E-state index in [2.05, 4.69) is 49.4 Å². The van der Waals surface area contributed by atoms with Crippen molar-refractivity contribution >= 4 is 10.8 Å². The van der Waals surface area contributed by atoms with Crippen LogP contribution in [0.1, 0.15) is 22.3 Å². The highest BCUT2D eigenvalue weighted by Gasteiger charge is 2.06. The van der Waals surface area contributed by atoms with E-state index in [-0.39, 0.29) is 0 Å². The molecule has 0 radical (unpaired) electrons. The van der Waals surface area contributed by atoms with Gasteiger partial charge in [0.15, 0.2) is 0 Å². The van der Waals surface area contributed by atoms with Crippen molar-refractivity contribution in [2.24, 2.45) is 0 Å². The van der Waals surface area contributed by atoms with Crippen LogP contribution in [0.4, 0.5) is 0 Å². The molecule has 0 amide bonds. The Morgan fingerprint density at radius 2 is 1.55 bits per heavy atom. The van der Waals surface area contributed by atoms with Crippen LogP contribution in [-0.4, -0.2) is 0 Å². The zero-order valence-electron chi connectivity index (χ0n) is 11.4. The summed E-state index contributed by atoms with van der Waals surface area (Å²) in [7, 11) is 0. The molecular formula is C19H15N. The predicted octanol–water partition coefficient (Wildman–Crippen LogP) is 4.61. The maximum atomic E-state index is 9.20. The zero-order chi connectivity index (χ0) is 13.9. The Balaban J connectivity index is 2.09. The fourth-order valence-electron chi connectivity index (χ4n) is 2.54. The first-order valence-electron chi connectivity index (χ1n) is 6.74. The van der Waals surface area contributed by atoms with Gasteiger partial charge in [-0.1, -0.05) is 60.2 Å². The van der Waals surface area contributed by atoms with Crippen molar-refractivity contribution in [2.45, 2.75) is 13.3 Å². The van der Waals surface area contributed by atoms with Crippen LogP contribution in [0, 0.1) is 18.3 Å². The molecule has 20 heavy (non-hydrogen) atoms. The standard InChI is InChI=1S/C19H15N/c1-14-6-8-15(9-7-14)12-16-10-11-17(13-20)19-5-3-2-4-18(16)19/h2-11H,12H2,1H3. The predicted molar refractivity (Wildman–Crippen MR) is 82.6 cm³/mol. The molecule has 0 saturated carbocycles. The van der Waals surface area contributed by atoms with Crippen LogP contribution in [0.5, 0.6) is 0 Å². The van der Waals surface area contributed by atoms with Gasteiger partial charge in [0.2, 0.25) is 0 Å². The average Bonchev–Trinajstić information content (AvgIpc) is 2.50. The molecule has 96 valence electrons. The van der Waals surface area contributed by atoms with Crippen molar-refractivity contribution < 1.29 is 0 Å². The molecule has 0 aromatic heterocycles. The maximum absolute atomic E-state index is 9.20. The Kier molecular flexibility index (Phi) is 3.23. The second-order valence-corrected chi connectivity index (χ2v) is 5.09. The van der Waals surface area contributed by atoms with Crippen LogP contribution in [0.15, 0.2) is 60.7 Å². The molecular weight excluding hydrogens is 242 g/mol. The first-order valence-corrected chi connectivity index (χ1v) is 6.74. The lowest BCUT2D eigenvalue weighted by Crippen LogP contribution is -1.92. The minimum absolute atomic E-state index is 0.744. The van der Waals surface area contributed by atoms with E-state index in [9.17, 15) is 5.26 Å². The van der Waals surface area contributed by atoms with Crippen molar-refractivity contribution in [3.05, 3.63) is 82.9 Å². The van der Waals surface area contributed by atoms with Crippen molar-refractivity contribution in [3.8, 4) is 6.07 Å². The van der Waals surface area contributed by atoms with E-state index in [1.807, 2.05) is 24.3 Å². The molecule has 1 nitrogen and oxygen atoms in total. The molecule has 0 heterocycles. The Morgan fingerprint density at radius 3 is 2.25 bits per heavy atom. The number of rotatable bonds is 2. The minimum Gasteiger partial charge on any atom is -0.192 e. The highest BCUT2D eigenvalue weighted by molar-refractivity contribution is 5.90. The van der Waals surface area contributed by atoms with E-state index in [1.165, 1.54) is 22.1 Å². The summed E-state index contributed by atoms with van der Waals surface area (Å²) in [6.45, 7) is 2.10. The molecule has 0 aliphatic rings. The highest BCUT2D eigenvalue weighted by Crippen LogP contribution is 2.24. The van der Waals surface area contributed by atoms with Gasteiger partial charge in [0.1, 0.15) is 0 Å². The Labute approximate surface area is 119 Å². The fourth-order valence-corrected chi connectivity index (χ4v) is 2.54. The van der Waals surface area contributed by atoms with Crippen molar-refractivity contribution in [1.82, 2.24) is 0 Å². The normalized spacial score (nSPS) is 10.4. The maximum Gasteiger partial charge on any atom is 0.0998 e. The lowest BCUT2D eigenvalue weighted by atomic mass is 9.95. The number of benzene rings is 3. The zero-order valence-corrected chi connectivity index (χ0v) is 11.4. The second-order valence-electron chi connectivity index (χ2n) is 5.09. The van der Waals surface area contributed by atoms with Crippen LogP contribution >= 0.6 is 0 Å². The highest BCUT2D eigenvalue weighted by atomic mass is 14.2. The molecule has 3 rings (SSSR count). The van der Waals surface area contributed by atoms with Crippen molar-refractivity contribution in [2.75, 3.05) is 0 Å². The van der Waals surface area contributed by atoms with Crippen LogP contribution in [0.2, 0.25) is 0 Å². The second kappa shape index (κ2) is 5.19. The summed E-state index contributed by atoms with van der Waals surface area (Å²) < 4.78 is 0. The first-order chi connectivity index (χ1) is 9.78. The summed E-state index contributed by atoms with van der Waals surface area (Å²) in [4.78, 5) is 0. The molecule has 3 aromatic rings. The topological polar surface area (TPSA) is 23.8 Å². The van der Waals surface area contributed by atoms with Crippen LogP contribution in [0.25, 0.3) is 10.8 Å². The number of aryl methyl sites for hydroxylation is 1. The van der Waals surface area contributed by atoms with E-state index in [0.29, 0.717) is 0 Å². The third-order valence-corrected chi connectivity index (χ3v) is 3.65. The SMILES string of the molecule is Cc1ccc(Cc2ccc(C#N)c3ccccc23)cc1. The fraction of sp³-hybridized carbons (Fsp3) is 0.105. The quantitative estimate of drug-likeness (QED) is 0.657. The minimum atomic E-state index is 0.744. The monoisotopic (exact) mass is 257 g/mol. The van der Waals surface area contributed by atoms with Gasteiger partial charge in [0.25, 0.3) is 0 Å². The van der Waals surface area contributed by atoms with E-state index in [4.69, 9.17) is 0 Å². The van der Waals surface area contributed by atoms with Crippen molar-refractivity contribution in [1.29, 1.82) is 5.26 Å². The Morgan fingerprint density at radius 1 is 0.850 bits per heavy atom. The van der Waals surface area contributed by atoms with Gasteiger partial charge in [-0.3, -0.25) is 0 Å². The smallest absolute Gasteiger partial charge is 0.0998 e. The molecule has 0 bridgehead atoms. The molecule has 1 heteroatoms. The summed E-state index contributed by atoms with van der Waals surface area (Å²) >= 11 is 0. The summed E-state index contributed by atoms with van der Waals surface area (Å²) in [5.41, 5.74) is 4.58. The first kappa shape index (κ1) is 12.4. The summed E-state index contributed by atoms with van der Waals surface area (Å²) in [6, 6.07) is 23.0. The number of fused-ring (bicyclic) bond motifs is 1. The summed E-state index contributed by atoms with van der Waals surface area (Å²) in [6.07, 6.45) is 0.895. The lowest BCUT2D eigenvalue weighted by Gasteiger charge is -2.08. The number of nitriles is 1. The van der Waals surface area contributed by atoms with E-state index in [0.717, 1.165) is 17.4 Å². The molecule has 0 spiro atoms. The van der Waals surface area contributed by atoms with E-state index in [1.54, 1.807) is 0 Å². The number of hydrogen-bond donors (Lipinski definition) is 0. The largest absolute Gasteiger partial charge is 0.192 e. The van der Waals surface area contributed by atoms with Crippen LogP contribution in [0.3, 0.4) is 0 Å². The molecule has 0 unspecified atom stereocenters. The number of nitrogens with zero attached hydrogens (tertiary/aromatic N) is 1. The van der Waals surface area contributed by atoms with Crippen molar-refractivity contribution in [3.63, 3.8) is 0 Å². The molecule has 3 aromatic carbocycles. The summed E-state index contributed by atoms with van der Waals surface area (Å²) in [5.74, 6) is 0. The van der Waals surface area contributed by atoms with Gasteiger partial charge in [-0.2, -0.15) is 5.26 Å². The average molecular weight is 257 g/mol. The van der Waals surface area contributed by atoms with Gasteiger partial charge < -0.3 is 0 Å². The van der Waals surface area contributed by atoms with Gasteiger partial charge in [-0.25, -0.2) is 0 Å².